The van der Waals surface area contributed by atoms with Gasteiger partial charge in [0.05, 0.1) is 0 Å². The van der Waals surface area contributed by atoms with Crippen molar-refractivity contribution >= 4 is 29.5 Å². The number of carbonyl (C=O) groups is 5. The van der Waals surface area contributed by atoms with E-state index in [9.17, 15) is 45.9 Å². The SMILES string of the molecule is CC(C)C(=O)CCC(CCC(=O)NCCCCN)(CCC(=O)NCCCCN)NC(=O)CCCCCCCCCCC(=O)Oc1c(F)c(F)c(F)c(F)c1F. The molecule has 0 spiro atoms. The first-order valence-corrected chi connectivity index (χ1v) is 19.7. The highest BCUT2D eigenvalue weighted by molar-refractivity contribution is 5.81. The average molecular weight is 792 g/mol. The van der Waals surface area contributed by atoms with Crippen LogP contribution in [0.1, 0.15) is 142 Å². The van der Waals surface area contributed by atoms with Gasteiger partial charge in [0.25, 0.3) is 0 Å². The normalized spacial score (nSPS) is 11.5. The third kappa shape index (κ3) is 20.2. The molecule has 7 N–H and O–H groups in total. The molecule has 0 aliphatic carbocycles. The lowest BCUT2D eigenvalue weighted by atomic mass is 9.81. The molecule has 0 aromatic heterocycles. The van der Waals surface area contributed by atoms with Crippen LogP contribution in [0.2, 0.25) is 0 Å². The molecule has 0 saturated carbocycles. The number of hydrogen-bond donors (Lipinski definition) is 5. The number of halogens is 5. The summed E-state index contributed by atoms with van der Waals surface area (Å²) in [7, 11) is 0. The Kier molecular flexibility index (Phi) is 25.0. The molecular weight excluding hydrogens is 729 g/mol. The minimum Gasteiger partial charge on any atom is -0.420 e. The summed E-state index contributed by atoms with van der Waals surface area (Å²) in [5, 5.41) is 8.90. The van der Waals surface area contributed by atoms with Crippen molar-refractivity contribution in [2.45, 2.75) is 148 Å². The molecule has 314 valence electrons. The quantitative estimate of drug-likeness (QED) is 0.0145. The van der Waals surface area contributed by atoms with Crippen molar-refractivity contribution < 1.29 is 50.7 Å². The number of hydrogen-bond acceptors (Lipinski definition) is 8. The molecule has 16 heteroatoms. The van der Waals surface area contributed by atoms with Crippen LogP contribution in [0.25, 0.3) is 0 Å². The summed E-state index contributed by atoms with van der Waals surface area (Å²) in [5.41, 5.74) is 10.1. The smallest absolute Gasteiger partial charge is 0.311 e. The van der Waals surface area contributed by atoms with Crippen LogP contribution in [-0.2, 0) is 24.0 Å². The standard InChI is InChI=1S/C39H62F5N5O6/c1-27(2)28(50)17-20-39(21-18-29(51)47-25-13-11-23-45,22-19-30(52)48-26-14-12-24-46)49-31(53)15-9-7-5-3-4-6-8-10-16-32(54)55-38-36(43)34(41)33(40)35(42)37(38)44/h27H,3-26,45-46H2,1-2H3,(H,47,51)(H,48,52)(H,49,53). The third-order valence-electron chi connectivity index (χ3n) is 9.39. The van der Waals surface area contributed by atoms with Crippen LogP contribution in [0.4, 0.5) is 22.0 Å². The number of benzene rings is 1. The Morgan fingerprint density at radius 2 is 0.964 bits per heavy atom. The molecule has 0 radical (unpaired) electrons. The summed E-state index contributed by atoms with van der Waals surface area (Å²) in [6.45, 7) is 5.63. The van der Waals surface area contributed by atoms with Gasteiger partial charge in [0, 0.05) is 56.7 Å². The van der Waals surface area contributed by atoms with E-state index in [-0.39, 0.29) is 74.4 Å². The largest absolute Gasteiger partial charge is 0.420 e. The molecule has 0 saturated heterocycles. The summed E-state index contributed by atoms with van der Waals surface area (Å²) < 4.78 is 71.7. The van der Waals surface area contributed by atoms with Crippen molar-refractivity contribution in [2.75, 3.05) is 26.2 Å². The van der Waals surface area contributed by atoms with E-state index in [1.165, 1.54) is 0 Å². The fourth-order valence-corrected chi connectivity index (χ4v) is 5.90. The monoisotopic (exact) mass is 791 g/mol. The molecule has 0 aliphatic rings. The summed E-state index contributed by atoms with van der Waals surface area (Å²) in [5.74, 6) is -14.6. The fourth-order valence-electron chi connectivity index (χ4n) is 5.90. The van der Waals surface area contributed by atoms with Gasteiger partial charge in [-0.2, -0.15) is 8.78 Å². The first kappa shape index (κ1) is 49.4. The van der Waals surface area contributed by atoms with Crippen molar-refractivity contribution in [3.8, 4) is 5.75 Å². The van der Waals surface area contributed by atoms with Gasteiger partial charge in [0.1, 0.15) is 5.78 Å². The summed E-state index contributed by atoms with van der Waals surface area (Å²) >= 11 is 0. The second kappa shape index (κ2) is 27.8. The lowest BCUT2D eigenvalue weighted by molar-refractivity contribution is -0.135. The van der Waals surface area contributed by atoms with Crippen LogP contribution in [0.3, 0.4) is 0 Å². The molecule has 55 heavy (non-hydrogen) atoms. The summed E-state index contributed by atoms with van der Waals surface area (Å²) in [6, 6.07) is 0. The van der Waals surface area contributed by atoms with Gasteiger partial charge in [-0.25, -0.2) is 13.2 Å². The lowest BCUT2D eigenvalue weighted by Gasteiger charge is -2.35. The Hall–Kier alpha value is -3.66. The van der Waals surface area contributed by atoms with E-state index in [0.29, 0.717) is 51.9 Å². The summed E-state index contributed by atoms with van der Waals surface area (Å²) in [4.78, 5) is 63.4. The minimum absolute atomic E-state index is 0.0279. The minimum atomic E-state index is -2.34. The first-order valence-electron chi connectivity index (χ1n) is 19.7. The van der Waals surface area contributed by atoms with Crippen LogP contribution in [0.15, 0.2) is 0 Å². The Labute approximate surface area is 322 Å². The van der Waals surface area contributed by atoms with Crippen molar-refractivity contribution in [2.24, 2.45) is 17.4 Å². The number of carbonyl (C=O) groups excluding carboxylic acids is 5. The van der Waals surface area contributed by atoms with Crippen LogP contribution >= 0.6 is 0 Å². The molecule has 1 aromatic carbocycles. The predicted molar refractivity (Wildman–Crippen MR) is 199 cm³/mol. The van der Waals surface area contributed by atoms with Gasteiger partial charge in [-0.3, -0.25) is 24.0 Å². The highest BCUT2D eigenvalue weighted by atomic mass is 19.2. The molecule has 0 unspecified atom stereocenters. The van der Waals surface area contributed by atoms with Crippen LogP contribution < -0.4 is 32.2 Å². The van der Waals surface area contributed by atoms with Crippen molar-refractivity contribution in [1.29, 1.82) is 0 Å². The molecule has 1 rings (SSSR count). The summed E-state index contributed by atoms with van der Waals surface area (Å²) in [6.07, 6.45) is 9.71. The molecule has 11 nitrogen and oxygen atoms in total. The molecule has 0 heterocycles. The topological polar surface area (TPSA) is 183 Å². The number of amides is 3. The zero-order valence-corrected chi connectivity index (χ0v) is 32.5. The highest BCUT2D eigenvalue weighted by Crippen LogP contribution is 2.30. The highest BCUT2D eigenvalue weighted by Gasteiger charge is 2.34. The van der Waals surface area contributed by atoms with Crippen LogP contribution in [-0.4, -0.2) is 61.2 Å². The van der Waals surface area contributed by atoms with Gasteiger partial charge in [0.15, 0.2) is 0 Å². The maximum absolute atomic E-state index is 13.7. The molecule has 0 atom stereocenters. The molecule has 0 bridgehead atoms. The Bertz CT molecular complexity index is 1310. The Balaban J connectivity index is 2.64. The van der Waals surface area contributed by atoms with E-state index in [4.69, 9.17) is 11.5 Å². The number of nitrogens with one attached hydrogen (secondary N) is 3. The number of rotatable bonds is 31. The molecule has 1 aromatic rings. The maximum Gasteiger partial charge on any atom is 0.311 e. The first-order chi connectivity index (χ1) is 26.2. The second-order valence-corrected chi connectivity index (χ2v) is 14.3. The molecule has 0 fully saturated rings. The third-order valence-corrected chi connectivity index (χ3v) is 9.39. The van der Waals surface area contributed by atoms with Gasteiger partial charge in [-0.1, -0.05) is 52.4 Å². The van der Waals surface area contributed by atoms with Gasteiger partial charge >= 0.3 is 5.97 Å². The van der Waals surface area contributed by atoms with E-state index in [0.717, 1.165) is 57.8 Å². The van der Waals surface area contributed by atoms with Crippen molar-refractivity contribution in [1.82, 2.24) is 16.0 Å². The van der Waals surface area contributed by atoms with Gasteiger partial charge in [0.2, 0.25) is 52.6 Å². The zero-order chi connectivity index (χ0) is 41.2. The lowest BCUT2D eigenvalue weighted by Crippen LogP contribution is -2.50. The number of unbranched alkanes of at least 4 members (excludes halogenated alkanes) is 9. The Morgan fingerprint density at radius 1 is 0.545 bits per heavy atom. The molecular formula is C39H62F5N5O6. The number of nitrogens with two attached hydrogens (primary N) is 2. The van der Waals surface area contributed by atoms with Gasteiger partial charge < -0.3 is 32.2 Å². The van der Waals surface area contributed by atoms with E-state index >= 15 is 0 Å². The Morgan fingerprint density at radius 3 is 1.42 bits per heavy atom. The van der Waals surface area contributed by atoms with E-state index < -0.39 is 46.3 Å². The van der Waals surface area contributed by atoms with Crippen LogP contribution in [0, 0.1) is 35.0 Å². The van der Waals surface area contributed by atoms with Crippen molar-refractivity contribution in [3.05, 3.63) is 29.1 Å². The zero-order valence-electron chi connectivity index (χ0n) is 32.5. The number of ether oxygens (including phenoxy) is 1. The number of ketones is 1. The van der Waals surface area contributed by atoms with Crippen molar-refractivity contribution in [3.63, 3.8) is 0 Å². The average Bonchev–Trinajstić information content (AvgIpc) is 3.16. The van der Waals surface area contributed by atoms with E-state index in [2.05, 4.69) is 20.7 Å². The van der Waals surface area contributed by atoms with Crippen LogP contribution in [0.5, 0.6) is 5.75 Å². The van der Waals surface area contributed by atoms with Gasteiger partial charge in [-0.05, 0) is 70.9 Å². The maximum atomic E-state index is 13.7. The predicted octanol–water partition coefficient (Wildman–Crippen LogP) is 6.32. The van der Waals surface area contributed by atoms with E-state index in [1.807, 2.05) is 0 Å². The molecule has 3 amide bonds. The fraction of sp³-hybridized carbons (Fsp3) is 0.718. The number of Topliss-reactive ketones (excluding diaryl/α,β-unsaturated/α-hetero) is 1. The van der Waals surface area contributed by atoms with Gasteiger partial charge in [-0.15, -0.1) is 0 Å². The number of esters is 1. The molecule has 0 aliphatic heterocycles. The second-order valence-electron chi connectivity index (χ2n) is 14.3. The van der Waals surface area contributed by atoms with E-state index in [1.54, 1.807) is 13.8 Å².